The summed E-state index contributed by atoms with van der Waals surface area (Å²) in [7, 11) is 0. The highest BCUT2D eigenvalue weighted by atomic mass is 16.6. The second kappa shape index (κ2) is 6.60. The van der Waals surface area contributed by atoms with Gasteiger partial charge in [0.1, 0.15) is 0 Å². The Balaban J connectivity index is 1.44. The molecule has 9 heteroatoms. The van der Waals surface area contributed by atoms with Crippen LogP contribution in [0.3, 0.4) is 0 Å². The van der Waals surface area contributed by atoms with Crippen molar-refractivity contribution >= 4 is 11.6 Å². The number of aromatic nitrogens is 3. The number of aryl methyl sites for hydroxylation is 1. The molecule has 2 aromatic heterocycles. The van der Waals surface area contributed by atoms with E-state index in [1.807, 2.05) is 0 Å². The number of hydrogen-bond acceptors (Lipinski definition) is 7. The van der Waals surface area contributed by atoms with E-state index in [0.717, 1.165) is 5.56 Å². The minimum Gasteiger partial charge on any atom is -0.339 e. The molecule has 0 N–H and O–H groups in total. The van der Waals surface area contributed by atoms with Crippen LogP contribution in [0, 0.1) is 17.0 Å². The van der Waals surface area contributed by atoms with Gasteiger partial charge in [0.15, 0.2) is 0 Å². The number of rotatable bonds is 4. The van der Waals surface area contributed by atoms with Gasteiger partial charge in [-0.1, -0.05) is 11.2 Å². The summed E-state index contributed by atoms with van der Waals surface area (Å²) in [5.41, 5.74) is 1.57. The van der Waals surface area contributed by atoms with Gasteiger partial charge in [-0.15, -0.1) is 0 Å². The summed E-state index contributed by atoms with van der Waals surface area (Å²) in [4.78, 5) is 33.1. The number of nitrogens with zero attached hydrogens (tertiary/aromatic N) is 5. The number of carbonyl (C=O) groups is 1. The molecule has 9 nitrogen and oxygen atoms in total. The van der Waals surface area contributed by atoms with Crippen LogP contribution in [0.15, 0.2) is 47.2 Å². The number of likely N-dealkylation sites (tertiary alicyclic amines) is 1. The van der Waals surface area contributed by atoms with Crippen LogP contribution in [0.5, 0.6) is 0 Å². The SMILES string of the molecule is Cc1ccc(C(=O)N2CC(c3nc(-c4ccncc4)no3)C2)cc1[N+](=O)[O-]. The molecule has 136 valence electrons. The smallest absolute Gasteiger partial charge is 0.273 e. The molecule has 0 radical (unpaired) electrons. The Morgan fingerprint density at radius 1 is 1.26 bits per heavy atom. The van der Waals surface area contributed by atoms with Gasteiger partial charge in [0.05, 0.1) is 10.8 Å². The molecule has 1 aromatic carbocycles. The van der Waals surface area contributed by atoms with Crippen molar-refractivity contribution in [3.05, 3.63) is 69.9 Å². The van der Waals surface area contributed by atoms with Gasteiger partial charge >= 0.3 is 0 Å². The van der Waals surface area contributed by atoms with Crippen LogP contribution in [0.25, 0.3) is 11.4 Å². The van der Waals surface area contributed by atoms with Crippen LogP contribution >= 0.6 is 0 Å². The Labute approximate surface area is 153 Å². The highest BCUT2D eigenvalue weighted by molar-refractivity contribution is 5.95. The van der Waals surface area contributed by atoms with Crippen LogP contribution in [0.1, 0.15) is 27.7 Å². The Hall–Kier alpha value is -3.62. The number of carbonyl (C=O) groups excluding carboxylic acids is 1. The lowest BCUT2D eigenvalue weighted by atomic mass is 9.98. The zero-order valence-corrected chi connectivity index (χ0v) is 14.4. The molecule has 0 bridgehead atoms. The molecule has 4 rings (SSSR count). The lowest BCUT2D eigenvalue weighted by molar-refractivity contribution is -0.385. The number of amides is 1. The Morgan fingerprint density at radius 2 is 2.00 bits per heavy atom. The summed E-state index contributed by atoms with van der Waals surface area (Å²) in [6, 6.07) is 8.08. The third kappa shape index (κ3) is 3.14. The maximum atomic E-state index is 12.5. The first-order chi connectivity index (χ1) is 13.0. The average Bonchev–Trinajstić information content (AvgIpc) is 3.11. The van der Waals surface area contributed by atoms with Gasteiger partial charge in [-0.25, -0.2) is 0 Å². The van der Waals surface area contributed by atoms with Gasteiger partial charge in [0, 0.05) is 48.2 Å². The molecule has 3 heterocycles. The highest BCUT2D eigenvalue weighted by Crippen LogP contribution is 2.29. The van der Waals surface area contributed by atoms with Crippen molar-refractivity contribution in [2.45, 2.75) is 12.8 Å². The molecule has 0 atom stereocenters. The second-order valence-corrected chi connectivity index (χ2v) is 6.36. The monoisotopic (exact) mass is 365 g/mol. The van der Waals surface area contributed by atoms with Crippen LogP contribution in [0.4, 0.5) is 5.69 Å². The summed E-state index contributed by atoms with van der Waals surface area (Å²) in [5, 5.41) is 15.0. The number of nitro groups is 1. The molecule has 27 heavy (non-hydrogen) atoms. The van der Waals surface area contributed by atoms with E-state index >= 15 is 0 Å². The normalized spacial score (nSPS) is 14.0. The molecular weight excluding hydrogens is 350 g/mol. The van der Waals surface area contributed by atoms with Crippen molar-refractivity contribution < 1.29 is 14.2 Å². The van der Waals surface area contributed by atoms with Gasteiger partial charge in [-0.3, -0.25) is 19.9 Å². The van der Waals surface area contributed by atoms with Crippen LogP contribution < -0.4 is 0 Å². The first-order valence-corrected chi connectivity index (χ1v) is 8.31. The van der Waals surface area contributed by atoms with E-state index in [1.165, 1.54) is 6.07 Å². The topological polar surface area (TPSA) is 115 Å². The standard InChI is InChI=1S/C18H15N5O4/c1-11-2-3-13(8-15(11)23(25)26)18(24)22-9-14(10-22)17-20-16(21-27-17)12-4-6-19-7-5-12/h2-8,14H,9-10H2,1H3. The second-order valence-electron chi connectivity index (χ2n) is 6.36. The Kier molecular flexibility index (Phi) is 4.11. The van der Waals surface area contributed by atoms with E-state index in [1.54, 1.807) is 48.5 Å². The number of hydrogen-bond donors (Lipinski definition) is 0. The van der Waals surface area contributed by atoms with Gasteiger partial charge in [-0.2, -0.15) is 4.98 Å². The zero-order valence-electron chi connectivity index (χ0n) is 14.4. The maximum absolute atomic E-state index is 12.5. The summed E-state index contributed by atoms with van der Waals surface area (Å²) < 4.78 is 5.31. The summed E-state index contributed by atoms with van der Waals surface area (Å²) in [5.74, 6) is 0.660. The van der Waals surface area contributed by atoms with Crippen LogP contribution in [-0.2, 0) is 0 Å². The van der Waals surface area contributed by atoms with Crippen molar-refractivity contribution in [1.29, 1.82) is 0 Å². The molecule has 1 saturated heterocycles. The van der Waals surface area contributed by atoms with Crippen molar-refractivity contribution in [2.75, 3.05) is 13.1 Å². The lowest BCUT2D eigenvalue weighted by Gasteiger charge is -2.37. The van der Waals surface area contributed by atoms with Gasteiger partial charge < -0.3 is 9.42 Å². The molecule has 1 fully saturated rings. The van der Waals surface area contributed by atoms with Gasteiger partial charge in [-0.05, 0) is 25.1 Å². The average molecular weight is 365 g/mol. The fourth-order valence-corrected chi connectivity index (χ4v) is 2.94. The molecule has 1 amide bonds. The number of nitro benzene ring substituents is 1. The molecule has 0 saturated carbocycles. The summed E-state index contributed by atoms with van der Waals surface area (Å²) in [6.07, 6.45) is 3.30. The fourth-order valence-electron chi connectivity index (χ4n) is 2.94. The van der Waals surface area contributed by atoms with Crippen LogP contribution in [-0.4, -0.2) is 43.9 Å². The zero-order chi connectivity index (χ0) is 19.0. The fraction of sp³-hybridized carbons (Fsp3) is 0.222. The molecule has 3 aromatic rings. The first-order valence-electron chi connectivity index (χ1n) is 8.31. The van der Waals surface area contributed by atoms with Gasteiger partial charge in [0.25, 0.3) is 11.6 Å². The van der Waals surface area contributed by atoms with E-state index < -0.39 is 4.92 Å². The quantitative estimate of drug-likeness (QED) is 0.515. The first kappa shape index (κ1) is 16.8. The lowest BCUT2D eigenvalue weighted by Crippen LogP contribution is -2.48. The number of pyridine rings is 1. The highest BCUT2D eigenvalue weighted by Gasteiger charge is 2.36. The predicted octanol–water partition coefficient (Wildman–Crippen LogP) is 2.59. The van der Waals surface area contributed by atoms with E-state index in [-0.39, 0.29) is 17.5 Å². The van der Waals surface area contributed by atoms with Crippen LogP contribution in [0.2, 0.25) is 0 Å². The van der Waals surface area contributed by atoms with Crippen molar-refractivity contribution in [2.24, 2.45) is 0 Å². The molecule has 0 aliphatic carbocycles. The van der Waals surface area contributed by atoms with E-state index in [2.05, 4.69) is 15.1 Å². The molecular formula is C18H15N5O4. The van der Waals surface area contributed by atoms with E-state index in [9.17, 15) is 14.9 Å². The maximum Gasteiger partial charge on any atom is 0.273 e. The minimum atomic E-state index is -0.482. The predicted molar refractivity (Wildman–Crippen MR) is 94.0 cm³/mol. The number of benzene rings is 1. The van der Waals surface area contributed by atoms with Crippen molar-refractivity contribution in [1.82, 2.24) is 20.0 Å². The largest absolute Gasteiger partial charge is 0.339 e. The molecule has 1 aliphatic heterocycles. The van der Waals surface area contributed by atoms with E-state index in [4.69, 9.17) is 4.52 Å². The summed E-state index contributed by atoms with van der Waals surface area (Å²) in [6.45, 7) is 2.50. The third-order valence-electron chi connectivity index (χ3n) is 4.55. The Morgan fingerprint density at radius 3 is 2.70 bits per heavy atom. The third-order valence-corrected chi connectivity index (χ3v) is 4.55. The molecule has 0 unspecified atom stereocenters. The van der Waals surface area contributed by atoms with E-state index in [0.29, 0.717) is 35.9 Å². The minimum absolute atomic E-state index is 0.0440. The molecule has 1 aliphatic rings. The summed E-state index contributed by atoms with van der Waals surface area (Å²) >= 11 is 0. The van der Waals surface area contributed by atoms with Gasteiger partial charge in [0.2, 0.25) is 11.7 Å². The van der Waals surface area contributed by atoms with Crippen molar-refractivity contribution in [3.8, 4) is 11.4 Å². The Bertz CT molecular complexity index is 1010. The molecule has 0 spiro atoms. The van der Waals surface area contributed by atoms with Crippen molar-refractivity contribution in [3.63, 3.8) is 0 Å².